The molecule has 0 saturated carbocycles. The molecule has 1 atom stereocenters. The number of alkyl halides is 3. The zero-order chi connectivity index (χ0) is 17.2. The maximum atomic E-state index is 13.0. The van der Waals surface area contributed by atoms with Crippen LogP contribution in [0.3, 0.4) is 0 Å². The molecule has 1 aromatic heterocycles. The summed E-state index contributed by atoms with van der Waals surface area (Å²) in [6.45, 7) is -0.307. The molecular formula is C17H13F3N2O2. The summed E-state index contributed by atoms with van der Waals surface area (Å²) < 4.78 is 44.4. The fourth-order valence-electron chi connectivity index (χ4n) is 2.34. The van der Waals surface area contributed by atoms with E-state index >= 15 is 0 Å². The summed E-state index contributed by atoms with van der Waals surface area (Å²) in [6.07, 6.45) is -2.85. The predicted octanol–water partition coefficient (Wildman–Crippen LogP) is 3.76. The molecule has 3 rings (SSSR count). The van der Waals surface area contributed by atoms with Gasteiger partial charge < -0.3 is 9.84 Å². The molecule has 0 fully saturated rings. The smallest absolute Gasteiger partial charge is 0.416 e. The largest absolute Gasteiger partial charge is 0.490 e. The highest BCUT2D eigenvalue weighted by Crippen LogP contribution is 2.34. The molecule has 0 amide bonds. The number of aromatic nitrogens is 2. The second-order valence-electron chi connectivity index (χ2n) is 5.12. The summed E-state index contributed by atoms with van der Waals surface area (Å²) in [5.41, 5.74) is 0.184. The first-order valence-corrected chi connectivity index (χ1v) is 7.13. The molecule has 0 radical (unpaired) electrons. The molecule has 0 bridgehead atoms. The van der Waals surface area contributed by atoms with E-state index in [1.54, 1.807) is 24.4 Å². The third-order valence-electron chi connectivity index (χ3n) is 3.47. The van der Waals surface area contributed by atoms with Crippen molar-refractivity contribution in [2.45, 2.75) is 12.3 Å². The minimum Gasteiger partial charge on any atom is -0.490 e. The van der Waals surface area contributed by atoms with E-state index in [0.29, 0.717) is 16.8 Å². The highest BCUT2D eigenvalue weighted by Gasteiger charge is 2.34. The van der Waals surface area contributed by atoms with Crippen molar-refractivity contribution in [3.8, 4) is 5.75 Å². The van der Waals surface area contributed by atoms with E-state index in [4.69, 9.17) is 4.74 Å². The Kier molecular flexibility index (Phi) is 4.35. The van der Waals surface area contributed by atoms with Gasteiger partial charge in [-0.1, -0.05) is 18.2 Å². The lowest BCUT2D eigenvalue weighted by atomic mass is 10.0. The van der Waals surface area contributed by atoms with Crippen LogP contribution in [0.4, 0.5) is 13.2 Å². The van der Waals surface area contributed by atoms with Crippen LogP contribution in [0.1, 0.15) is 17.2 Å². The number of rotatable bonds is 4. The van der Waals surface area contributed by atoms with E-state index in [1.165, 1.54) is 24.4 Å². The Labute approximate surface area is 135 Å². The Bertz CT molecular complexity index is 852. The maximum Gasteiger partial charge on any atom is 0.416 e. The van der Waals surface area contributed by atoms with Gasteiger partial charge in [0.25, 0.3) is 0 Å². The van der Waals surface area contributed by atoms with Crippen LogP contribution >= 0.6 is 0 Å². The highest BCUT2D eigenvalue weighted by molar-refractivity contribution is 5.75. The van der Waals surface area contributed by atoms with Gasteiger partial charge in [-0.05, 0) is 23.8 Å². The van der Waals surface area contributed by atoms with E-state index < -0.39 is 17.8 Å². The Morgan fingerprint density at radius 2 is 1.71 bits per heavy atom. The molecule has 124 valence electrons. The quantitative estimate of drug-likeness (QED) is 0.789. The van der Waals surface area contributed by atoms with Gasteiger partial charge in [0.1, 0.15) is 18.5 Å². The molecule has 3 aromatic rings. The Morgan fingerprint density at radius 1 is 1.00 bits per heavy atom. The van der Waals surface area contributed by atoms with Gasteiger partial charge in [0.05, 0.1) is 16.6 Å². The minimum absolute atomic E-state index is 0.217. The van der Waals surface area contributed by atoms with Crippen molar-refractivity contribution in [3.05, 3.63) is 66.0 Å². The SMILES string of the molecule is OC(COc1ccc2nccnc2c1)c1ccccc1C(F)(F)F. The highest BCUT2D eigenvalue weighted by atomic mass is 19.4. The standard InChI is InChI=1S/C17H13F3N2O2/c18-17(19,20)13-4-2-1-3-12(13)16(23)10-24-11-5-6-14-15(9-11)22-8-7-21-14/h1-9,16,23H,10H2. The van der Waals surface area contributed by atoms with Gasteiger partial charge in [0.2, 0.25) is 0 Å². The lowest BCUT2D eigenvalue weighted by Gasteiger charge is -2.18. The third kappa shape index (κ3) is 3.46. The van der Waals surface area contributed by atoms with Crippen LogP contribution in [0.2, 0.25) is 0 Å². The average Bonchev–Trinajstić information content (AvgIpc) is 2.58. The first-order chi connectivity index (χ1) is 11.4. The van der Waals surface area contributed by atoms with Gasteiger partial charge in [-0.3, -0.25) is 9.97 Å². The summed E-state index contributed by atoms with van der Waals surface area (Å²) in [5.74, 6) is 0.395. The second-order valence-corrected chi connectivity index (χ2v) is 5.12. The number of aliphatic hydroxyl groups is 1. The fourth-order valence-corrected chi connectivity index (χ4v) is 2.34. The van der Waals surface area contributed by atoms with E-state index in [-0.39, 0.29) is 12.2 Å². The van der Waals surface area contributed by atoms with Crippen LogP contribution in [0.5, 0.6) is 5.75 Å². The van der Waals surface area contributed by atoms with E-state index in [1.807, 2.05) is 0 Å². The number of nitrogens with zero attached hydrogens (tertiary/aromatic N) is 2. The number of hydrogen-bond donors (Lipinski definition) is 1. The Balaban J connectivity index is 1.76. The van der Waals surface area contributed by atoms with Gasteiger partial charge in [-0.15, -0.1) is 0 Å². The van der Waals surface area contributed by atoms with E-state index in [0.717, 1.165) is 6.07 Å². The molecule has 1 unspecified atom stereocenters. The van der Waals surface area contributed by atoms with Gasteiger partial charge >= 0.3 is 6.18 Å². The normalized spacial score (nSPS) is 13.0. The van der Waals surface area contributed by atoms with Crippen LogP contribution in [0.15, 0.2) is 54.9 Å². The average molecular weight is 334 g/mol. The monoisotopic (exact) mass is 334 g/mol. The molecule has 7 heteroatoms. The molecule has 0 spiro atoms. The molecular weight excluding hydrogens is 321 g/mol. The Hall–Kier alpha value is -2.67. The number of halogens is 3. The molecule has 0 aliphatic rings. The van der Waals surface area contributed by atoms with Crippen molar-refractivity contribution in [1.82, 2.24) is 9.97 Å². The zero-order valence-electron chi connectivity index (χ0n) is 12.4. The van der Waals surface area contributed by atoms with Crippen molar-refractivity contribution in [3.63, 3.8) is 0 Å². The van der Waals surface area contributed by atoms with Crippen molar-refractivity contribution in [2.24, 2.45) is 0 Å². The van der Waals surface area contributed by atoms with Gasteiger partial charge in [-0.25, -0.2) is 0 Å². The molecule has 4 nitrogen and oxygen atoms in total. The first kappa shape index (κ1) is 16.2. The Morgan fingerprint density at radius 3 is 2.46 bits per heavy atom. The van der Waals surface area contributed by atoms with Crippen LogP contribution in [-0.4, -0.2) is 21.7 Å². The van der Waals surface area contributed by atoms with Crippen molar-refractivity contribution >= 4 is 11.0 Å². The van der Waals surface area contributed by atoms with Crippen LogP contribution in [-0.2, 0) is 6.18 Å². The molecule has 2 aromatic carbocycles. The van der Waals surface area contributed by atoms with E-state index in [2.05, 4.69) is 9.97 Å². The van der Waals surface area contributed by atoms with Crippen molar-refractivity contribution < 1.29 is 23.0 Å². The summed E-state index contributed by atoms with van der Waals surface area (Å²) in [4.78, 5) is 8.23. The predicted molar refractivity (Wildman–Crippen MR) is 81.4 cm³/mol. The van der Waals surface area contributed by atoms with Gasteiger partial charge in [0, 0.05) is 18.5 Å². The fraction of sp³-hybridized carbons (Fsp3) is 0.176. The lowest BCUT2D eigenvalue weighted by molar-refractivity contribution is -0.139. The second kappa shape index (κ2) is 6.45. The van der Waals surface area contributed by atoms with Crippen LogP contribution < -0.4 is 4.74 Å². The summed E-state index contributed by atoms with van der Waals surface area (Å²) in [6, 6.07) is 9.83. The molecule has 0 saturated heterocycles. The van der Waals surface area contributed by atoms with Crippen LogP contribution in [0, 0.1) is 0 Å². The summed E-state index contributed by atoms with van der Waals surface area (Å²) >= 11 is 0. The van der Waals surface area contributed by atoms with Crippen molar-refractivity contribution in [1.29, 1.82) is 0 Å². The maximum absolute atomic E-state index is 13.0. The summed E-state index contributed by atoms with van der Waals surface area (Å²) in [7, 11) is 0. The van der Waals surface area contributed by atoms with E-state index in [9.17, 15) is 18.3 Å². The molecule has 1 N–H and O–H groups in total. The van der Waals surface area contributed by atoms with Crippen LogP contribution in [0.25, 0.3) is 11.0 Å². The number of fused-ring (bicyclic) bond motifs is 1. The number of ether oxygens (including phenoxy) is 1. The zero-order valence-corrected chi connectivity index (χ0v) is 12.4. The molecule has 1 heterocycles. The number of aliphatic hydroxyl groups excluding tert-OH is 1. The summed E-state index contributed by atoms with van der Waals surface area (Å²) in [5, 5.41) is 10.1. The van der Waals surface area contributed by atoms with Gasteiger partial charge in [0.15, 0.2) is 0 Å². The number of hydrogen-bond acceptors (Lipinski definition) is 4. The molecule has 0 aliphatic carbocycles. The number of benzene rings is 2. The topological polar surface area (TPSA) is 55.2 Å². The first-order valence-electron chi connectivity index (χ1n) is 7.13. The molecule has 0 aliphatic heterocycles. The van der Waals surface area contributed by atoms with Crippen molar-refractivity contribution in [2.75, 3.05) is 6.61 Å². The molecule has 24 heavy (non-hydrogen) atoms. The van der Waals surface area contributed by atoms with Gasteiger partial charge in [-0.2, -0.15) is 13.2 Å². The minimum atomic E-state index is -4.53. The lowest BCUT2D eigenvalue weighted by Crippen LogP contribution is -2.16. The third-order valence-corrected chi connectivity index (χ3v) is 3.47.